The summed E-state index contributed by atoms with van der Waals surface area (Å²) in [6.45, 7) is 6.48. The van der Waals surface area contributed by atoms with Crippen molar-refractivity contribution in [3.8, 4) is 5.75 Å². The summed E-state index contributed by atoms with van der Waals surface area (Å²) in [6.07, 6.45) is 0. The topological polar surface area (TPSA) is 75.7 Å². The van der Waals surface area contributed by atoms with Crippen LogP contribution >= 0.6 is 0 Å². The van der Waals surface area contributed by atoms with E-state index in [0.29, 0.717) is 35.7 Å². The first-order chi connectivity index (χ1) is 12.2. The number of aryl methyl sites for hydroxylation is 3. The van der Waals surface area contributed by atoms with E-state index in [1.165, 1.54) is 6.07 Å². The van der Waals surface area contributed by atoms with Crippen molar-refractivity contribution in [1.82, 2.24) is 4.90 Å². The quantitative estimate of drug-likeness (QED) is 0.896. The third kappa shape index (κ3) is 3.39. The maximum Gasteiger partial charge on any atom is 0.262 e. The summed E-state index contributed by atoms with van der Waals surface area (Å²) < 4.78 is 33.8. The van der Waals surface area contributed by atoms with Crippen molar-refractivity contribution in [2.24, 2.45) is 0 Å². The lowest BCUT2D eigenvalue weighted by molar-refractivity contribution is 0.0796. The van der Waals surface area contributed by atoms with Gasteiger partial charge in [0.25, 0.3) is 15.9 Å². The van der Waals surface area contributed by atoms with E-state index in [-0.39, 0.29) is 10.8 Å². The van der Waals surface area contributed by atoms with E-state index < -0.39 is 10.0 Å². The highest BCUT2D eigenvalue weighted by molar-refractivity contribution is 7.92. The van der Waals surface area contributed by atoms with E-state index in [4.69, 9.17) is 4.74 Å². The molecule has 6 nitrogen and oxygen atoms in total. The van der Waals surface area contributed by atoms with Crippen LogP contribution in [-0.2, 0) is 10.0 Å². The molecule has 7 heteroatoms. The normalized spacial score (nSPS) is 14.5. The van der Waals surface area contributed by atoms with Crippen LogP contribution in [0.15, 0.2) is 35.2 Å². The van der Waals surface area contributed by atoms with Crippen LogP contribution in [0.3, 0.4) is 0 Å². The number of amides is 1. The summed E-state index contributed by atoms with van der Waals surface area (Å²) in [5, 5.41) is 0. The van der Waals surface area contributed by atoms with Gasteiger partial charge in [0.1, 0.15) is 12.4 Å². The molecule has 1 aliphatic rings. The number of rotatable bonds is 3. The second-order valence-electron chi connectivity index (χ2n) is 6.59. The Balaban J connectivity index is 1.98. The molecule has 138 valence electrons. The van der Waals surface area contributed by atoms with Crippen LogP contribution in [0.5, 0.6) is 5.75 Å². The Kier molecular flexibility index (Phi) is 4.66. The number of hydrogen-bond acceptors (Lipinski definition) is 4. The average Bonchev–Trinajstić information content (AvgIpc) is 2.70. The molecule has 3 rings (SSSR count). The maximum absolute atomic E-state index is 12.8. The molecular formula is C19H22N2O4S. The van der Waals surface area contributed by atoms with Crippen LogP contribution in [-0.4, -0.2) is 39.4 Å². The number of nitrogens with one attached hydrogen (secondary N) is 1. The molecule has 2 aromatic carbocycles. The van der Waals surface area contributed by atoms with E-state index in [1.807, 2.05) is 19.9 Å². The highest BCUT2D eigenvalue weighted by Gasteiger charge is 2.23. The Hall–Kier alpha value is -2.54. The van der Waals surface area contributed by atoms with E-state index in [9.17, 15) is 13.2 Å². The summed E-state index contributed by atoms with van der Waals surface area (Å²) in [6, 6.07) is 8.27. The van der Waals surface area contributed by atoms with Gasteiger partial charge in [0, 0.05) is 12.7 Å². The standard InChI is InChI=1S/C19H22N2O4S/c1-12-9-14(3)18(10-13(12)2)26(23,24)20-15-5-6-17-16(11-15)19(22)21(4)7-8-25-17/h5-6,9-11,20H,7-8H2,1-4H3. The molecule has 1 heterocycles. The molecular weight excluding hydrogens is 352 g/mol. The second kappa shape index (κ2) is 6.64. The average molecular weight is 374 g/mol. The van der Waals surface area contributed by atoms with Crippen LogP contribution in [0.1, 0.15) is 27.0 Å². The molecule has 0 spiro atoms. The van der Waals surface area contributed by atoms with Crippen molar-refractivity contribution in [3.05, 3.63) is 52.6 Å². The summed E-state index contributed by atoms with van der Waals surface area (Å²) >= 11 is 0. The van der Waals surface area contributed by atoms with Gasteiger partial charge in [0.05, 0.1) is 17.0 Å². The number of nitrogens with zero attached hydrogens (tertiary/aromatic N) is 1. The Labute approximate surface area is 153 Å². The molecule has 2 aromatic rings. The zero-order chi connectivity index (χ0) is 19.1. The smallest absolute Gasteiger partial charge is 0.262 e. The summed E-state index contributed by atoms with van der Waals surface area (Å²) in [5.74, 6) is 0.269. The molecule has 0 atom stereocenters. The molecule has 1 aliphatic heterocycles. The van der Waals surface area contributed by atoms with Crippen LogP contribution in [0.4, 0.5) is 5.69 Å². The van der Waals surface area contributed by atoms with Gasteiger partial charge in [0.2, 0.25) is 0 Å². The van der Waals surface area contributed by atoms with Crippen LogP contribution in [0.25, 0.3) is 0 Å². The van der Waals surface area contributed by atoms with Gasteiger partial charge in [-0.3, -0.25) is 9.52 Å². The molecule has 0 unspecified atom stereocenters. The number of anilines is 1. The summed E-state index contributed by atoms with van der Waals surface area (Å²) in [5.41, 5.74) is 3.30. The number of ether oxygens (including phenoxy) is 1. The first kappa shape index (κ1) is 18.3. The van der Waals surface area contributed by atoms with Gasteiger partial charge < -0.3 is 9.64 Å². The molecule has 0 radical (unpaired) electrons. The molecule has 0 aliphatic carbocycles. The minimum Gasteiger partial charge on any atom is -0.491 e. The minimum absolute atomic E-state index is 0.194. The van der Waals surface area contributed by atoms with Crippen LogP contribution in [0, 0.1) is 20.8 Å². The number of carbonyl (C=O) groups is 1. The number of sulfonamides is 1. The fourth-order valence-corrected chi connectivity index (χ4v) is 4.28. The number of hydrogen-bond donors (Lipinski definition) is 1. The van der Waals surface area contributed by atoms with Crippen molar-refractivity contribution < 1.29 is 17.9 Å². The first-order valence-corrected chi connectivity index (χ1v) is 9.80. The highest BCUT2D eigenvalue weighted by Crippen LogP contribution is 2.28. The predicted octanol–water partition coefficient (Wildman–Crippen LogP) is 2.88. The van der Waals surface area contributed by atoms with Crippen molar-refractivity contribution >= 4 is 21.6 Å². The first-order valence-electron chi connectivity index (χ1n) is 8.32. The number of fused-ring (bicyclic) bond motifs is 1. The van der Waals surface area contributed by atoms with Gasteiger partial charge in [-0.25, -0.2) is 8.42 Å². The molecule has 0 saturated carbocycles. The van der Waals surface area contributed by atoms with Crippen molar-refractivity contribution in [3.63, 3.8) is 0 Å². The Bertz CT molecular complexity index is 983. The monoisotopic (exact) mass is 374 g/mol. The zero-order valence-electron chi connectivity index (χ0n) is 15.3. The highest BCUT2D eigenvalue weighted by atomic mass is 32.2. The zero-order valence-corrected chi connectivity index (χ0v) is 16.1. The fraction of sp³-hybridized carbons (Fsp3) is 0.316. The third-order valence-corrected chi connectivity index (χ3v) is 6.10. The Morgan fingerprint density at radius 3 is 2.46 bits per heavy atom. The maximum atomic E-state index is 12.8. The molecule has 0 aromatic heterocycles. The van der Waals surface area contributed by atoms with Gasteiger partial charge in [-0.2, -0.15) is 0 Å². The molecule has 26 heavy (non-hydrogen) atoms. The third-order valence-electron chi connectivity index (χ3n) is 4.57. The molecule has 1 N–H and O–H groups in total. The number of likely N-dealkylation sites (N-methyl/N-ethyl adjacent to an activating group) is 1. The van der Waals surface area contributed by atoms with Gasteiger partial charge >= 0.3 is 0 Å². The van der Waals surface area contributed by atoms with Crippen LogP contribution in [0.2, 0.25) is 0 Å². The van der Waals surface area contributed by atoms with Crippen molar-refractivity contribution in [2.75, 3.05) is 24.9 Å². The van der Waals surface area contributed by atoms with E-state index >= 15 is 0 Å². The summed E-state index contributed by atoms with van der Waals surface area (Å²) in [4.78, 5) is 14.2. The fourth-order valence-electron chi connectivity index (χ4n) is 2.92. The lowest BCUT2D eigenvalue weighted by Crippen LogP contribution is -2.27. The number of benzene rings is 2. The van der Waals surface area contributed by atoms with Crippen molar-refractivity contribution in [2.45, 2.75) is 25.7 Å². The lowest BCUT2D eigenvalue weighted by atomic mass is 10.1. The van der Waals surface area contributed by atoms with Gasteiger partial charge in [-0.1, -0.05) is 6.07 Å². The van der Waals surface area contributed by atoms with E-state index in [2.05, 4.69) is 4.72 Å². The SMILES string of the molecule is Cc1cc(C)c(S(=O)(=O)Nc2ccc3c(c2)C(=O)N(C)CCO3)cc1C. The molecule has 0 saturated heterocycles. The Morgan fingerprint density at radius 2 is 1.73 bits per heavy atom. The molecule has 0 bridgehead atoms. The van der Waals surface area contributed by atoms with E-state index in [1.54, 1.807) is 37.1 Å². The van der Waals surface area contributed by atoms with Gasteiger partial charge in [-0.05, 0) is 61.7 Å². The van der Waals surface area contributed by atoms with Crippen molar-refractivity contribution in [1.29, 1.82) is 0 Å². The largest absolute Gasteiger partial charge is 0.491 e. The molecule has 0 fully saturated rings. The Morgan fingerprint density at radius 1 is 1.04 bits per heavy atom. The van der Waals surface area contributed by atoms with Crippen LogP contribution < -0.4 is 9.46 Å². The minimum atomic E-state index is -3.77. The molecule has 1 amide bonds. The number of carbonyl (C=O) groups excluding carboxylic acids is 1. The second-order valence-corrected chi connectivity index (χ2v) is 8.24. The van der Waals surface area contributed by atoms with E-state index in [0.717, 1.165) is 11.1 Å². The van der Waals surface area contributed by atoms with Gasteiger partial charge in [0.15, 0.2) is 0 Å². The summed E-state index contributed by atoms with van der Waals surface area (Å²) in [7, 11) is -2.08. The lowest BCUT2D eigenvalue weighted by Gasteiger charge is -2.15. The predicted molar refractivity (Wildman–Crippen MR) is 100 cm³/mol. The van der Waals surface area contributed by atoms with Gasteiger partial charge in [-0.15, -0.1) is 0 Å².